The lowest BCUT2D eigenvalue weighted by molar-refractivity contribution is 0.629. The zero-order valence-electron chi connectivity index (χ0n) is 9.40. The Balaban J connectivity index is 2.40. The Labute approximate surface area is 118 Å². The molecule has 0 fully saturated rings. The average Bonchev–Trinajstić information content (AvgIpc) is 2.39. The first-order chi connectivity index (χ1) is 8.75. The van der Waals surface area contributed by atoms with Gasteiger partial charge in [0.05, 0.1) is 5.52 Å². The van der Waals surface area contributed by atoms with Gasteiger partial charge in [-0.25, -0.2) is 4.39 Å². The summed E-state index contributed by atoms with van der Waals surface area (Å²) in [5.74, 6) is -0.233. The van der Waals surface area contributed by atoms with E-state index in [0.717, 1.165) is 25.6 Å². The topological polar surface area (TPSA) is 12.9 Å². The normalized spacial score (nSPS) is 10.8. The van der Waals surface area contributed by atoms with Gasteiger partial charge in [0.15, 0.2) is 0 Å². The van der Waals surface area contributed by atoms with Crippen LogP contribution in [0.2, 0.25) is 0 Å². The van der Waals surface area contributed by atoms with Gasteiger partial charge in [0, 0.05) is 20.7 Å². The minimum absolute atomic E-state index is 0.233. The molecule has 3 heteroatoms. The molecular weight excluding hydrogens is 340 g/mol. The minimum Gasteiger partial charge on any atom is -0.255 e. The molecule has 2 aromatic carbocycles. The van der Waals surface area contributed by atoms with Crippen LogP contribution in [-0.2, 0) is 0 Å². The van der Waals surface area contributed by atoms with Crippen LogP contribution >= 0.6 is 22.6 Å². The number of nitrogens with zero attached hydrogens (tertiary/aromatic N) is 1. The van der Waals surface area contributed by atoms with Crippen molar-refractivity contribution in [2.75, 3.05) is 0 Å². The van der Waals surface area contributed by atoms with Crippen molar-refractivity contribution in [1.29, 1.82) is 0 Å². The largest absolute Gasteiger partial charge is 0.255 e. The van der Waals surface area contributed by atoms with E-state index in [1.165, 1.54) is 6.07 Å². The molecule has 0 aliphatic carbocycles. The van der Waals surface area contributed by atoms with Gasteiger partial charge in [0.2, 0.25) is 0 Å². The lowest BCUT2D eigenvalue weighted by Crippen LogP contribution is -1.89. The fourth-order valence-corrected chi connectivity index (χ4v) is 2.78. The first kappa shape index (κ1) is 11.6. The van der Waals surface area contributed by atoms with Crippen LogP contribution in [0.1, 0.15) is 0 Å². The highest BCUT2D eigenvalue weighted by Gasteiger charge is 2.09. The Kier molecular flexibility index (Phi) is 2.99. The van der Waals surface area contributed by atoms with Crippen molar-refractivity contribution in [3.05, 3.63) is 64.1 Å². The quantitative estimate of drug-likeness (QED) is 0.583. The van der Waals surface area contributed by atoms with Crippen LogP contribution in [0.4, 0.5) is 4.39 Å². The summed E-state index contributed by atoms with van der Waals surface area (Å²) in [6, 6.07) is 14.7. The molecule has 0 aliphatic heterocycles. The molecule has 3 rings (SSSR count). The summed E-state index contributed by atoms with van der Waals surface area (Å²) < 4.78 is 14.5. The highest BCUT2D eigenvalue weighted by molar-refractivity contribution is 14.1. The van der Waals surface area contributed by atoms with E-state index in [0.29, 0.717) is 0 Å². The zero-order valence-corrected chi connectivity index (χ0v) is 11.6. The summed E-state index contributed by atoms with van der Waals surface area (Å²) >= 11 is 2.24. The maximum Gasteiger partial charge on any atom is 0.123 e. The summed E-state index contributed by atoms with van der Waals surface area (Å²) in [7, 11) is 0. The van der Waals surface area contributed by atoms with Gasteiger partial charge in [-0.15, -0.1) is 0 Å². The molecule has 0 N–H and O–H groups in total. The Bertz CT molecular complexity index is 705. The summed E-state index contributed by atoms with van der Waals surface area (Å²) in [5.41, 5.74) is 2.94. The number of rotatable bonds is 1. The molecule has 1 nitrogen and oxygen atoms in total. The van der Waals surface area contributed by atoms with Gasteiger partial charge in [0.25, 0.3) is 0 Å². The van der Waals surface area contributed by atoms with Crippen molar-refractivity contribution in [3.8, 4) is 11.1 Å². The highest BCUT2D eigenvalue weighted by Crippen LogP contribution is 2.32. The summed E-state index contributed by atoms with van der Waals surface area (Å²) in [4.78, 5) is 4.33. The third kappa shape index (κ3) is 1.99. The van der Waals surface area contributed by atoms with E-state index in [1.54, 1.807) is 12.1 Å². The van der Waals surface area contributed by atoms with Gasteiger partial charge in [-0.3, -0.25) is 4.98 Å². The number of halogens is 2. The van der Waals surface area contributed by atoms with E-state index in [1.807, 2.05) is 36.5 Å². The first-order valence-electron chi connectivity index (χ1n) is 5.55. The fraction of sp³-hybridized carbons (Fsp3) is 0. The number of fused-ring (bicyclic) bond motifs is 1. The van der Waals surface area contributed by atoms with Crippen molar-refractivity contribution in [3.63, 3.8) is 0 Å². The minimum atomic E-state index is -0.233. The summed E-state index contributed by atoms with van der Waals surface area (Å²) in [6.45, 7) is 0. The molecule has 0 amide bonds. The molecule has 0 spiro atoms. The second-order valence-electron chi connectivity index (χ2n) is 4.01. The van der Waals surface area contributed by atoms with Crippen LogP contribution in [0.5, 0.6) is 0 Å². The highest BCUT2D eigenvalue weighted by atomic mass is 127. The predicted molar refractivity (Wildman–Crippen MR) is 79.9 cm³/mol. The Morgan fingerprint density at radius 1 is 1.00 bits per heavy atom. The van der Waals surface area contributed by atoms with Crippen LogP contribution in [0.25, 0.3) is 22.0 Å². The zero-order chi connectivity index (χ0) is 12.5. The van der Waals surface area contributed by atoms with Crippen LogP contribution in [-0.4, -0.2) is 4.98 Å². The smallest absolute Gasteiger partial charge is 0.123 e. The molecule has 0 radical (unpaired) electrons. The molecule has 0 bridgehead atoms. The van der Waals surface area contributed by atoms with Gasteiger partial charge in [-0.1, -0.05) is 30.3 Å². The molecule has 0 atom stereocenters. The number of hydrogen-bond donors (Lipinski definition) is 0. The Morgan fingerprint density at radius 3 is 2.56 bits per heavy atom. The monoisotopic (exact) mass is 349 g/mol. The van der Waals surface area contributed by atoms with Crippen LogP contribution < -0.4 is 0 Å². The predicted octanol–water partition coefficient (Wildman–Crippen LogP) is 4.65. The molecule has 0 aliphatic rings. The van der Waals surface area contributed by atoms with E-state index in [4.69, 9.17) is 0 Å². The Morgan fingerprint density at radius 2 is 1.78 bits per heavy atom. The summed E-state index contributed by atoms with van der Waals surface area (Å²) in [6.07, 6.45) is 1.82. The standard InChI is InChI=1S/C15H9FIN/c16-11-6-7-14-12(8-11)15(13(17)9-18-14)10-4-2-1-3-5-10/h1-9H. The van der Waals surface area contributed by atoms with Crippen LogP contribution in [0, 0.1) is 9.39 Å². The second kappa shape index (κ2) is 4.65. The average molecular weight is 349 g/mol. The number of aromatic nitrogens is 1. The molecule has 88 valence electrons. The number of hydrogen-bond acceptors (Lipinski definition) is 1. The molecule has 0 saturated carbocycles. The van der Waals surface area contributed by atoms with Crippen molar-refractivity contribution in [1.82, 2.24) is 4.98 Å². The molecule has 1 heterocycles. The van der Waals surface area contributed by atoms with E-state index in [2.05, 4.69) is 27.6 Å². The van der Waals surface area contributed by atoms with Gasteiger partial charge < -0.3 is 0 Å². The SMILES string of the molecule is Fc1ccc2ncc(I)c(-c3ccccc3)c2c1. The number of pyridine rings is 1. The maximum atomic E-state index is 13.4. The van der Waals surface area contributed by atoms with Gasteiger partial charge in [-0.2, -0.15) is 0 Å². The van der Waals surface area contributed by atoms with Gasteiger partial charge >= 0.3 is 0 Å². The van der Waals surface area contributed by atoms with E-state index >= 15 is 0 Å². The van der Waals surface area contributed by atoms with Crippen molar-refractivity contribution < 1.29 is 4.39 Å². The molecule has 18 heavy (non-hydrogen) atoms. The van der Waals surface area contributed by atoms with E-state index in [-0.39, 0.29) is 5.82 Å². The molecule has 0 unspecified atom stereocenters. The van der Waals surface area contributed by atoms with Crippen molar-refractivity contribution >= 4 is 33.5 Å². The third-order valence-corrected chi connectivity index (χ3v) is 3.66. The van der Waals surface area contributed by atoms with Crippen LogP contribution in [0.3, 0.4) is 0 Å². The molecule has 0 saturated heterocycles. The second-order valence-corrected chi connectivity index (χ2v) is 5.17. The molecule has 1 aromatic heterocycles. The number of benzene rings is 2. The molecule has 3 aromatic rings. The Hall–Kier alpha value is -1.49. The van der Waals surface area contributed by atoms with Gasteiger partial charge in [0.1, 0.15) is 5.82 Å². The maximum absolute atomic E-state index is 13.4. The van der Waals surface area contributed by atoms with E-state index < -0.39 is 0 Å². The first-order valence-corrected chi connectivity index (χ1v) is 6.63. The molecular formula is C15H9FIN. The fourth-order valence-electron chi connectivity index (χ4n) is 2.04. The lowest BCUT2D eigenvalue weighted by atomic mass is 10.0. The third-order valence-electron chi connectivity index (χ3n) is 2.85. The van der Waals surface area contributed by atoms with Crippen molar-refractivity contribution in [2.24, 2.45) is 0 Å². The summed E-state index contributed by atoms with van der Waals surface area (Å²) in [5, 5.41) is 0.855. The van der Waals surface area contributed by atoms with Gasteiger partial charge in [-0.05, 0) is 46.4 Å². The van der Waals surface area contributed by atoms with Crippen LogP contribution in [0.15, 0.2) is 54.7 Å². The van der Waals surface area contributed by atoms with E-state index in [9.17, 15) is 4.39 Å². The van der Waals surface area contributed by atoms with Crippen molar-refractivity contribution in [2.45, 2.75) is 0 Å². The lowest BCUT2D eigenvalue weighted by Gasteiger charge is -2.09.